The first-order valence-corrected chi connectivity index (χ1v) is 5.14. The second-order valence-corrected chi connectivity index (χ2v) is 3.92. The van der Waals surface area contributed by atoms with Crippen molar-refractivity contribution in [2.24, 2.45) is 0 Å². The first-order chi connectivity index (χ1) is 6.79. The third kappa shape index (κ3) is 1.87. The van der Waals surface area contributed by atoms with Crippen LogP contribution in [0.1, 0.15) is 31.7 Å². The van der Waals surface area contributed by atoms with Gasteiger partial charge >= 0.3 is 0 Å². The molecule has 0 bridgehead atoms. The predicted octanol–water partition coefficient (Wildman–Crippen LogP) is 0.563. The number of nitrogens with two attached hydrogens (primary N) is 1. The number of nitrogens with zero attached hydrogens (tertiary/aromatic N) is 3. The van der Waals surface area contributed by atoms with Crippen molar-refractivity contribution in [1.82, 2.24) is 20.3 Å². The largest absolute Gasteiger partial charge is 0.381 e. The summed E-state index contributed by atoms with van der Waals surface area (Å²) in [5.74, 6) is 0.515. The molecule has 1 fully saturated rings. The summed E-state index contributed by atoms with van der Waals surface area (Å²) in [6.45, 7) is 0. The highest BCUT2D eigenvalue weighted by atomic mass is 15.4. The van der Waals surface area contributed by atoms with Crippen LogP contribution in [0.2, 0.25) is 0 Å². The van der Waals surface area contributed by atoms with Gasteiger partial charge in [0.25, 0.3) is 0 Å². The average molecular weight is 195 g/mol. The van der Waals surface area contributed by atoms with Gasteiger partial charge in [-0.1, -0.05) is 5.21 Å². The zero-order valence-corrected chi connectivity index (χ0v) is 8.48. The van der Waals surface area contributed by atoms with Crippen LogP contribution in [0.25, 0.3) is 0 Å². The Morgan fingerprint density at radius 3 is 2.64 bits per heavy atom. The Morgan fingerprint density at radius 2 is 2.14 bits per heavy atom. The van der Waals surface area contributed by atoms with Crippen LogP contribution in [-0.2, 0) is 0 Å². The molecule has 14 heavy (non-hydrogen) atoms. The highest BCUT2D eigenvalue weighted by Gasteiger charge is 2.21. The van der Waals surface area contributed by atoms with E-state index >= 15 is 0 Å². The topological polar surface area (TPSA) is 68.8 Å². The Balaban J connectivity index is 1.95. The molecule has 0 radical (unpaired) electrons. The molecular formula is C9H17N5. The zero-order chi connectivity index (χ0) is 9.97. The second-order valence-electron chi connectivity index (χ2n) is 3.92. The third-order valence-electron chi connectivity index (χ3n) is 3.01. The van der Waals surface area contributed by atoms with E-state index in [9.17, 15) is 0 Å². The van der Waals surface area contributed by atoms with Gasteiger partial charge in [-0.15, -0.1) is 5.10 Å². The molecule has 2 rings (SSSR count). The number of hydrogen-bond donors (Lipinski definition) is 2. The number of aromatic nitrogens is 3. The smallest absolute Gasteiger partial charge is 0.165 e. The fraction of sp³-hybridized carbons (Fsp3) is 0.778. The minimum Gasteiger partial charge on any atom is -0.381 e. The SMILES string of the molecule is CNC1CCC(n2cc(N)nn2)CC1. The van der Waals surface area contributed by atoms with Crippen molar-refractivity contribution in [3.63, 3.8) is 0 Å². The zero-order valence-electron chi connectivity index (χ0n) is 8.48. The highest BCUT2D eigenvalue weighted by Crippen LogP contribution is 2.27. The molecule has 1 aliphatic carbocycles. The van der Waals surface area contributed by atoms with Crippen molar-refractivity contribution in [2.45, 2.75) is 37.8 Å². The molecule has 0 amide bonds. The molecule has 1 aromatic rings. The number of nitrogens with one attached hydrogen (secondary N) is 1. The minimum atomic E-state index is 0.490. The predicted molar refractivity (Wildman–Crippen MR) is 54.8 cm³/mol. The average Bonchev–Trinajstić information content (AvgIpc) is 2.65. The Kier molecular flexibility index (Phi) is 2.67. The Hall–Kier alpha value is -1.10. The van der Waals surface area contributed by atoms with Gasteiger partial charge < -0.3 is 11.1 Å². The molecule has 0 saturated heterocycles. The van der Waals surface area contributed by atoms with Gasteiger partial charge in [0.15, 0.2) is 5.82 Å². The molecule has 3 N–H and O–H groups in total. The lowest BCUT2D eigenvalue weighted by atomic mass is 9.91. The Morgan fingerprint density at radius 1 is 1.43 bits per heavy atom. The maximum absolute atomic E-state index is 5.53. The summed E-state index contributed by atoms with van der Waals surface area (Å²) >= 11 is 0. The highest BCUT2D eigenvalue weighted by molar-refractivity contribution is 5.20. The van der Waals surface area contributed by atoms with E-state index in [0.717, 1.165) is 12.8 Å². The quantitative estimate of drug-likeness (QED) is 0.723. The number of anilines is 1. The summed E-state index contributed by atoms with van der Waals surface area (Å²) < 4.78 is 1.90. The molecule has 78 valence electrons. The van der Waals surface area contributed by atoms with E-state index in [0.29, 0.717) is 17.9 Å². The molecule has 1 aromatic heterocycles. The number of nitrogen functional groups attached to an aromatic ring is 1. The molecule has 1 heterocycles. The monoisotopic (exact) mass is 195 g/mol. The van der Waals surface area contributed by atoms with Crippen LogP contribution in [-0.4, -0.2) is 28.1 Å². The van der Waals surface area contributed by atoms with Crippen molar-refractivity contribution in [3.8, 4) is 0 Å². The van der Waals surface area contributed by atoms with Crippen molar-refractivity contribution in [1.29, 1.82) is 0 Å². The lowest BCUT2D eigenvalue weighted by Gasteiger charge is -2.27. The first kappa shape index (κ1) is 9.45. The number of rotatable bonds is 2. The third-order valence-corrected chi connectivity index (χ3v) is 3.01. The van der Waals surface area contributed by atoms with Crippen LogP contribution in [0.3, 0.4) is 0 Å². The summed E-state index contributed by atoms with van der Waals surface area (Å²) in [6.07, 6.45) is 6.56. The lowest BCUT2D eigenvalue weighted by Crippen LogP contribution is -2.31. The van der Waals surface area contributed by atoms with Crippen LogP contribution >= 0.6 is 0 Å². The Bertz CT molecular complexity index is 287. The summed E-state index contributed by atoms with van der Waals surface area (Å²) in [4.78, 5) is 0. The van der Waals surface area contributed by atoms with Gasteiger partial charge in [0.2, 0.25) is 0 Å². The van der Waals surface area contributed by atoms with E-state index in [1.165, 1.54) is 12.8 Å². The summed E-state index contributed by atoms with van der Waals surface area (Å²) in [5, 5.41) is 11.1. The molecule has 1 aliphatic rings. The molecule has 0 unspecified atom stereocenters. The normalized spacial score (nSPS) is 27.8. The van der Waals surface area contributed by atoms with E-state index < -0.39 is 0 Å². The second kappa shape index (κ2) is 3.96. The first-order valence-electron chi connectivity index (χ1n) is 5.14. The van der Waals surface area contributed by atoms with E-state index in [1.54, 1.807) is 0 Å². The van der Waals surface area contributed by atoms with Gasteiger partial charge in [-0.25, -0.2) is 4.68 Å². The lowest BCUT2D eigenvalue weighted by molar-refractivity contribution is 0.281. The van der Waals surface area contributed by atoms with Crippen LogP contribution in [0.4, 0.5) is 5.82 Å². The van der Waals surface area contributed by atoms with Crippen molar-refractivity contribution in [3.05, 3.63) is 6.20 Å². The summed E-state index contributed by atoms with van der Waals surface area (Å²) in [6, 6.07) is 1.16. The maximum Gasteiger partial charge on any atom is 0.165 e. The summed E-state index contributed by atoms with van der Waals surface area (Å²) in [5.41, 5.74) is 5.53. The van der Waals surface area contributed by atoms with Gasteiger partial charge in [0.05, 0.1) is 12.2 Å². The van der Waals surface area contributed by atoms with Crippen LogP contribution < -0.4 is 11.1 Å². The summed E-state index contributed by atoms with van der Waals surface area (Å²) in [7, 11) is 2.03. The standard InChI is InChI=1S/C9H17N5/c1-11-7-2-4-8(5-3-7)14-6-9(10)12-13-14/h6-8,11H,2-5,10H2,1H3. The van der Waals surface area contributed by atoms with Gasteiger partial charge in [-0.2, -0.15) is 0 Å². The van der Waals surface area contributed by atoms with Crippen LogP contribution in [0, 0.1) is 0 Å². The minimum absolute atomic E-state index is 0.490. The van der Waals surface area contributed by atoms with Gasteiger partial charge in [-0.3, -0.25) is 0 Å². The molecule has 5 heteroatoms. The van der Waals surface area contributed by atoms with Gasteiger partial charge in [0.1, 0.15) is 0 Å². The van der Waals surface area contributed by atoms with E-state index in [-0.39, 0.29) is 0 Å². The maximum atomic E-state index is 5.53. The van der Waals surface area contributed by atoms with Gasteiger partial charge in [-0.05, 0) is 32.7 Å². The molecule has 1 saturated carbocycles. The van der Waals surface area contributed by atoms with Gasteiger partial charge in [0, 0.05) is 6.04 Å². The molecule has 5 nitrogen and oxygen atoms in total. The molecule has 0 aromatic carbocycles. The van der Waals surface area contributed by atoms with Crippen molar-refractivity contribution in [2.75, 3.05) is 12.8 Å². The van der Waals surface area contributed by atoms with E-state index in [2.05, 4.69) is 15.6 Å². The van der Waals surface area contributed by atoms with E-state index in [1.807, 2.05) is 17.9 Å². The van der Waals surface area contributed by atoms with Crippen molar-refractivity contribution < 1.29 is 0 Å². The van der Waals surface area contributed by atoms with Crippen molar-refractivity contribution >= 4 is 5.82 Å². The van der Waals surface area contributed by atoms with E-state index in [4.69, 9.17) is 5.73 Å². The molecule has 0 aliphatic heterocycles. The van der Waals surface area contributed by atoms with Crippen LogP contribution in [0.15, 0.2) is 6.20 Å². The van der Waals surface area contributed by atoms with Crippen LogP contribution in [0.5, 0.6) is 0 Å². The molecule has 0 spiro atoms. The fourth-order valence-electron chi connectivity index (χ4n) is 2.10. The Labute approximate surface area is 83.7 Å². The molecular weight excluding hydrogens is 178 g/mol. The fourth-order valence-corrected chi connectivity index (χ4v) is 2.10. The molecule has 0 atom stereocenters. The number of hydrogen-bond acceptors (Lipinski definition) is 4.